The summed E-state index contributed by atoms with van der Waals surface area (Å²) < 4.78 is 0. The molecule has 2 aliphatic carbocycles. The van der Waals surface area contributed by atoms with Gasteiger partial charge in [-0.25, -0.2) is 4.79 Å². The second-order valence-corrected chi connectivity index (χ2v) is 8.06. The molecule has 5 atom stereocenters. The minimum Gasteiger partial charge on any atom is -0.478 e. The molecule has 0 spiro atoms. The Hall–Kier alpha value is -2.00. The lowest BCUT2D eigenvalue weighted by molar-refractivity contribution is 0.0697. The van der Waals surface area contributed by atoms with Crippen LogP contribution in [0.2, 0.25) is 5.02 Å². The van der Waals surface area contributed by atoms with Gasteiger partial charge in [-0.2, -0.15) is 0 Å². The predicted molar refractivity (Wildman–Crippen MR) is 98.3 cm³/mol. The number of benzene rings is 2. The Labute approximate surface area is 152 Å². The monoisotopic (exact) mass is 353 g/mol. The molecule has 1 heterocycles. The third-order valence-electron chi connectivity index (χ3n) is 6.59. The number of fused-ring (bicyclic) bond motifs is 7. The van der Waals surface area contributed by atoms with Gasteiger partial charge in [0.25, 0.3) is 0 Å². The molecule has 2 bridgehead atoms. The highest BCUT2D eigenvalue weighted by Crippen LogP contribution is 2.64. The van der Waals surface area contributed by atoms with E-state index in [2.05, 4.69) is 17.4 Å². The second-order valence-electron chi connectivity index (χ2n) is 7.65. The van der Waals surface area contributed by atoms with Gasteiger partial charge in [0.05, 0.1) is 17.3 Å². The summed E-state index contributed by atoms with van der Waals surface area (Å²) in [4.78, 5) is 11.8. The van der Waals surface area contributed by atoms with Crippen LogP contribution < -0.4 is 5.32 Å². The van der Waals surface area contributed by atoms with Crippen molar-refractivity contribution < 1.29 is 9.90 Å². The number of halogens is 1. The van der Waals surface area contributed by atoms with Crippen molar-refractivity contribution in [2.45, 2.75) is 31.2 Å². The van der Waals surface area contributed by atoms with E-state index in [-0.39, 0.29) is 6.04 Å². The van der Waals surface area contributed by atoms with Crippen LogP contribution in [0.15, 0.2) is 42.5 Å². The van der Waals surface area contributed by atoms with Crippen molar-refractivity contribution in [3.05, 3.63) is 64.2 Å². The van der Waals surface area contributed by atoms with Gasteiger partial charge in [0, 0.05) is 5.02 Å². The van der Waals surface area contributed by atoms with E-state index in [0.717, 1.165) is 16.3 Å². The summed E-state index contributed by atoms with van der Waals surface area (Å²) >= 11 is 6.52. The zero-order valence-electron chi connectivity index (χ0n) is 13.8. The maximum atomic E-state index is 11.8. The van der Waals surface area contributed by atoms with E-state index < -0.39 is 5.97 Å². The van der Waals surface area contributed by atoms with Gasteiger partial charge in [-0.1, -0.05) is 41.9 Å². The molecule has 3 aliphatic rings. The van der Waals surface area contributed by atoms with Crippen molar-refractivity contribution in [3.63, 3.8) is 0 Å². The number of hydrogen-bond donors (Lipinski definition) is 2. The third kappa shape index (κ3) is 2.15. The molecule has 2 aromatic carbocycles. The first kappa shape index (κ1) is 15.3. The molecule has 5 rings (SSSR count). The maximum absolute atomic E-state index is 11.8. The molecule has 1 aliphatic heterocycles. The average Bonchev–Trinajstić information content (AvgIpc) is 3.23. The average molecular weight is 354 g/mol. The molecule has 0 amide bonds. The third-order valence-corrected chi connectivity index (χ3v) is 6.94. The minimum absolute atomic E-state index is 0.0852. The zero-order chi connectivity index (χ0) is 17.1. The van der Waals surface area contributed by atoms with Crippen LogP contribution in [0.25, 0.3) is 0 Å². The number of carboxylic acids is 1. The van der Waals surface area contributed by atoms with Gasteiger partial charge in [-0.3, -0.25) is 0 Å². The van der Waals surface area contributed by atoms with Crippen LogP contribution in [0, 0.1) is 17.8 Å². The molecular weight excluding hydrogens is 334 g/mol. The molecule has 0 unspecified atom stereocenters. The lowest BCUT2D eigenvalue weighted by atomic mass is 9.67. The fraction of sp³-hybridized carbons (Fsp3) is 0.381. The first-order valence-corrected chi connectivity index (χ1v) is 9.40. The van der Waals surface area contributed by atoms with E-state index in [9.17, 15) is 9.90 Å². The highest BCUT2D eigenvalue weighted by Gasteiger charge is 2.54. The van der Waals surface area contributed by atoms with Crippen LogP contribution in [-0.4, -0.2) is 11.1 Å². The van der Waals surface area contributed by atoms with Gasteiger partial charge in [-0.05, 0) is 66.2 Å². The summed E-state index contributed by atoms with van der Waals surface area (Å²) in [6.07, 6.45) is 3.80. The van der Waals surface area contributed by atoms with Crippen molar-refractivity contribution >= 4 is 23.3 Å². The first-order chi connectivity index (χ1) is 12.1. The number of para-hydroxylation sites is 1. The van der Waals surface area contributed by atoms with Crippen LogP contribution in [0.1, 0.15) is 52.7 Å². The first-order valence-electron chi connectivity index (χ1n) is 9.02. The summed E-state index contributed by atoms with van der Waals surface area (Å²) in [6.45, 7) is 0. The van der Waals surface area contributed by atoms with Gasteiger partial charge < -0.3 is 10.4 Å². The van der Waals surface area contributed by atoms with Crippen LogP contribution in [0.5, 0.6) is 0 Å². The smallest absolute Gasteiger partial charge is 0.337 e. The number of hydrogen-bond acceptors (Lipinski definition) is 2. The molecule has 4 heteroatoms. The number of nitrogens with one attached hydrogen (secondary N) is 1. The molecule has 2 fully saturated rings. The Morgan fingerprint density at radius 3 is 2.60 bits per heavy atom. The molecule has 128 valence electrons. The molecule has 2 saturated carbocycles. The van der Waals surface area contributed by atoms with Crippen LogP contribution >= 0.6 is 11.6 Å². The van der Waals surface area contributed by atoms with Crippen molar-refractivity contribution in [1.82, 2.24) is 0 Å². The van der Waals surface area contributed by atoms with Crippen molar-refractivity contribution in [2.24, 2.45) is 17.8 Å². The van der Waals surface area contributed by atoms with E-state index >= 15 is 0 Å². The predicted octanol–water partition coefficient (Wildman–Crippen LogP) is 5.33. The Morgan fingerprint density at radius 1 is 1.04 bits per heavy atom. The van der Waals surface area contributed by atoms with E-state index in [1.54, 1.807) is 6.07 Å². The SMILES string of the molecule is O=C(O)c1cccc2c1N[C@H](c1ccccc1Cl)[C@H]1[C@@H]3CC[C@H](C3)[C@H]21. The lowest BCUT2D eigenvalue weighted by Crippen LogP contribution is -2.36. The van der Waals surface area contributed by atoms with Gasteiger partial charge in [0.1, 0.15) is 0 Å². The molecule has 0 aromatic heterocycles. The maximum Gasteiger partial charge on any atom is 0.337 e. The van der Waals surface area contributed by atoms with E-state index in [4.69, 9.17) is 11.6 Å². The molecular formula is C21H20ClNO2. The normalized spacial score (nSPS) is 32.0. The highest BCUT2D eigenvalue weighted by atomic mass is 35.5. The van der Waals surface area contributed by atoms with Gasteiger partial charge >= 0.3 is 5.97 Å². The zero-order valence-corrected chi connectivity index (χ0v) is 14.5. The fourth-order valence-corrected chi connectivity index (χ4v) is 5.98. The van der Waals surface area contributed by atoms with Crippen LogP contribution in [0.4, 0.5) is 5.69 Å². The minimum atomic E-state index is -0.871. The Kier molecular flexibility index (Phi) is 3.36. The van der Waals surface area contributed by atoms with Gasteiger partial charge in [0.2, 0.25) is 0 Å². The largest absolute Gasteiger partial charge is 0.478 e. The summed E-state index contributed by atoms with van der Waals surface area (Å²) in [7, 11) is 0. The van der Waals surface area contributed by atoms with Crippen LogP contribution in [0.3, 0.4) is 0 Å². The standard InChI is InChI=1S/C21H20ClNO2/c22-16-7-2-1-4-13(16)20-18-12-9-8-11(10-12)17(18)14-5-3-6-15(21(24)25)19(14)23-20/h1-7,11-12,17-18,20,23H,8-10H2,(H,24,25)/t11-,12-,17-,18+,20-/m1/s1. The number of carboxylic acid groups (broad SMARTS) is 1. The number of anilines is 1. The van der Waals surface area contributed by atoms with E-state index in [1.165, 1.54) is 24.8 Å². The van der Waals surface area contributed by atoms with Crippen molar-refractivity contribution in [3.8, 4) is 0 Å². The second kappa shape index (κ2) is 5.50. The molecule has 25 heavy (non-hydrogen) atoms. The molecule has 0 saturated heterocycles. The Bertz CT molecular complexity index is 865. The quantitative estimate of drug-likeness (QED) is 0.766. The number of carbonyl (C=O) groups is 1. The van der Waals surface area contributed by atoms with E-state index in [1.807, 2.05) is 24.3 Å². The van der Waals surface area contributed by atoms with Gasteiger partial charge in [-0.15, -0.1) is 0 Å². The van der Waals surface area contributed by atoms with Crippen LogP contribution in [-0.2, 0) is 0 Å². The lowest BCUT2D eigenvalue weighted by Gasteiger charge is -2.44. The molecule has 2 aromatic rings. The molecule has 3 nitrogen and oxygen atoms in total. The topological polar surface area (TPSA) is 49.3 Å². The number of rotatable bonds is 2. The highest BCUT2D eigenvalue weighted by molar-refractivity contribution is 6.31. The Morgan fingerprint density at radius 2 is 1.80 bits per heavy atom. The van der Waals surface area contributed by atoms with Crippen molar-refractivity contribution in [2.75, 3.05) is 5.32 Å². The fourth-order valence-electron chi connectivity index (χ4n) is 5.73. The summed E-state index contributed by atoms with van der Waals surface area (Å²) in [5.41, 5.74) is 3.46. The summed E-state index contributed by atoms with van der Waals surface area (Å²) in [6, 6.07) is 13.8. The molecule has 0 radical (unpaired) electrons. The Balaban J connectivity index is 1.70. The van der Waals surface area contributed by atoms with Gasteiger partial charge in [0.15, 0.2) is 0 Å². The summed E-state index contributed by atoms with van der Waals surface area (Å²) in [5, 5.41) is 14.0. The van der Waals surface area contributed by atoms with E-state index in [0.29, 0.717) is 29.2 Å². The summed E-state index contributed by atoms with van der Waals surface area (Å²) in [5.74, 6) is 1.44. The molecule has 2 N–H and O–H groups in total. The number of aromatic carboxylic acids is 1. The van der Waals surface area contributed by atoms with Crippen molar-refractivity contribution in [1.29, 1.82) is 0 Å².